The summed E-state index contributed by atoms with van der Waals surface area (Å²) in [6.45, 7) is 0. The summed E-state index contributed by atoms with van der Waals surface area (Å²) in [5, 5.41) is 3.86. The molecule has 0 aromatic carbocycles. The molecule has 0 unspecified atom stereocenters. The Bertz CT molecular complexity index is 524. The van der Waals surface area contributed by atoms with Crippen LogP contribution in [0, 0.1) is 0 Å². The molecular formula is C8H7N3O2. The highest BCUT2D eigenvalue weighted by Gasteiger charge is 2.07. The molecule has 0 saturated heterocycles. The van der Waals surface area contributed by atoms with Gasteiger partial charge < -0.3 is 4.57 Å². The number of carbonyl (C=O) groups is 1. The average Bonchev–Trinajstić information content (AvgIpc) is 2.55. The number of fused-ring (bicyclic) bond motifs is 1. The van der Waals surface area contributed by atoms with Gasteiger partial charge in [0, 0.05) is 19.4 Å². The lowest BCUT2D eigenvalue weighted by Gasteiger charge is -1.96. The Morgan fingerprint density at radius 2 is 2.23 bits per heavy atom. The maximum atomic E-state index is 11.5. The highest BCUT2D eigenvalue weighted by Crippen LogP contribution is 2.01. The van der Waals surface area contributed by atoms with Gasteiger partial charge in [-0.05, 0) is 0 Å². The number of aldehydes is 1. The summed E-state index contributed by atoms with van der Waals surface area (Å²) in [6, 6.07) is 0. The van der Waals surface area contributed by atoms with Crippen LogP contribution >= 0.6 is 0 Å². The molecule has 0 spiro atoms. The molecule has 0 fully saturated rings. The molecule has 2 heterocycles. The number of hydrogen-bond donors (Lipinski definition) is 0. The molecule has 5 heteroatoms. The van der Waals surface area contributed by atoms with Crippen molar-refractivity contribution in [1.29, 1.82) is 0 Å². The molecule has 2 aromatic rings. The van der Waals surface area contributed by atoms with E-state index in [0.717, 1.165) is 0 Å². The van der Waals surface area contributed by atoms with Crippen molar-refractivity contribution in [2.75, 3.05) is 0 Å². The number of hydrogen-bond acceptors (Lipinski definition) is 3. The van der Waals surface area contributed by atoms with Gasteiger partial charge in [-0.1, -0.05) is 0 Å². The van der Waals surface area contributed by atoms with Crippen LogP contribution in [0.5, 0.6) is 0 Å². The summed E-state index contributed by atoms with van der Waals surface area (Å²) in [5.41, 5.74) is 0.420. The van der Waals surface area contributed by atoms with Gasteiger partial charge in [0.2, 0.25) is 0 Å². The van der Waals surface area contributed by atoms with E-state index >= 15 is 0 Å². The quantitative estimate of drug-likeness (QED) is 0.569. The van der Waals surface area contributed by atoms with Gasteiger partial charge in [0.25, 0.3) is 5.56 Å². The number of nitrogens with zero attached hydrogens (tertiary/aromatic N) is 3. The van der Waals surface area contributed by atoms with E-state index in [-0.39, 0.29) is 5.56 Å². The van der Waals surface area contributed by atoms with Crippen molar-refractivity contribution >= 4 is 11.8 Å². The summed E-state index contributed by atoms with van der Waals surface area (Å²) >= 11 is 0. The monoisotopic (exact) mass is 177 g/mol. The first-order valence-electron chi connectivity index (χ1n) is 3.72. The smallest absolute Gasteiger partial charge is 0.277 e. The fourth-order valence-electron chi connectivity index (χ4n) is 1.19. The molecule has 2 rings (SSSR count). The maximum absolute atomic E-state index is 11.5. The minimum atomic E-state index is -0.220. The third-order valence-corrected chi connectivity index (χ3v) is 1.91. The lowest BCUT2D eigenvalue weighted by Crippen LogP contribution is -2.18. The first-order valence-corrected chi connectivity index (χ1v) is 3.72. The molecule has 13 heavy (non-hydrogen) atoms. The van der Waals surface area contributed by atoms with E-state index < -0.39 is 0 Å². The van der Waals surface area contributed by atoms with Gasteiger partial charge >= 0.3 is 0 Å². The first kappa shape index (κ1) is 7.72. The normalized spacial score (nSPS) is 10.5. The zero-order valence-electron chi connectivity index (χ0n) is 6.97. The Labute approximate surface area is 73.2 Å². The number of rotatable bonds is 1. The van der Waals surface area contributed by atoms with E-state index in [1.807, 2.05) is 0 Å². The van der Waals surface area contributed by atoms with Crippen LogP contribution in [0.4, 0.5) is 0 Å². The van der Waals surface area contributed by atoms with E-state index in [2.05, 4.69) is 5.10 Å². The Kier molecular flexibility index (Phi) is 1.51. The van der Waals surface area contributed by atoms with Gasteiger partial charge in [0.05, 0.1) is 11.8 Å². The van der Waals surface area contributed by atoms with Crippen LogP contribution in [0.2, 0.25) is 0 Å². The fourth-order valence-corrected chi connectivity index (χ4v) is 1.19. The minimum absolute atomic E-state index is 0.220. The predicted octanol–water partition coefficient (Wildman–Crippen LogP) is -0.155. The zero-order chi connectivity index (χ0) is 9.42. The van der Waals surface area contributed by atoms with Crippen LogP contribution < -0.4 is 5.56 Å². The summed E-state index contributed by atoms with van der Waals surface area (Å²) < 4.78 is 2.80. The van der Waals surface area contributed by atoms with Crippen molar-refractivity contribution in [3.63, 3.8) is 0 Å². The molecule has 0 aliphatic rings. The third-order valence-electron chi connectivity index (χ3n) is 1.91. The van der Waals surface area contributed by atoms with Crippen LogP contribution in [-0.4, -0.2) is 20.5 Å². The molecule has 0 radical (unpaired) electrons. The lowest BCUT2D eigenvalue weighted by molar-refractivity contribution is 0.112. The summed E-state index contributed by atoms with van der Waals surface area (Å²) in [5.74, 6) is 0. The molecule has 0 aliphatic heterocycles. The topological polar surface area (TPSA) is 56.4 Å². The summed E-state index contributed by atoms with van der Waals surface area (Å²) in [6.07, 6.45) is 5.23. The second-order valence-corrected chi connectivity index (χ2v) is 2.73. The van der Waals surface area contributed by atoms with Crippen molar-refractivity contribution in [2.45, 2.75) is 0 Å². The van der Waals surface area contributed by atoms with Crippen LogP contribution in [0.1, 0.15) is 10.4 Å². The minimum Gasteiger partial charge on any atom is -0.315 e. The van der Waals surface area contributed by atoms with Crippen molar-refractivity contribution in [2.24, 2.45) is 7.05 Å². The van der Waals surface area contributed by atoms with Gasteiger partial charge in [0.1, 0.15) is 5.52 Å². The van der Waals surface area contributed by atoms with E-state index in [4.69, 9.17) is 0 Å². The maximum Gasteiger partial charge on any atom is 0.277 e. The van der Waals surface area contributed by atoms with E-state index in [1.165, 1.54) is 15.3 Å². The zero-order valence-corrected chi connectivity index (χ0v) is 6.97. The number of carbonyl (C=O) groups excluding carboxylic acids is 1. The standard InChI is InChI=1S/C8H7N3O2/c1-10-2-3-11-7(8(10)13)6(5-12)4-9-11/h2-5H,1H3. The molecule has 5 nitrogen and oxygen atoms in total. The molecule has 0 N–H and O–H groups in total. The second-order valence-electron chi connectivity index (χ2n) is 2.73. The lowest BCUT2D eigenvalue weighted by atomic mass is 10.3. The first-order chi connectivity index (χ1) is 6.24. The van der Waals surface area contributed by atoms with Gasteiger partial charge in [-0.25, -0.2) is 4.52 Å². The number of aryl methyl sites for hydroxylation is 1. The Morgan fingerprint density at radius 1 is 1.46 bits per heavy atom. The molecule has 2 aromatic heterocycles. The van der Waals surface area contributed by atoms with Crippen LogP contribution in [0.3, 0.4) is 0 Å². The van der Waals surface area contributed by atoms with Crippen molar-refractivity contribution in [3.8, 4) is 0 Å². The fraction of sp³-hybridized carbons (Fsp3) is 0.125. The highest BCUT2D eigenvalue weighted by molar-refractivity contribution is 5.85. The van der Waals surface area contributed by atoms with Gasteiger partial charge in [-0.3, -0.25) is 9.59 Å². The third kappa shape index (κ3) is 0.970. The van der Waals surface area contributed by atoms with Gasteiger partial charge in [-0.2, -0.15) is 5.10 Å². The van der Waals surface area contributed by atoms with Crippen LogP contribution in [-0.2, 0) is 7.05 Å². The van der Waals surface area contributed by atoms with Crippen LogP contribution in [0.25, 0.3) is 5.52 Å². The molecule has 0 amide bonds. The van der Waals surface area contributed by atoms with E-state index in [9.17, 15) is 9.59 Å². The van der Waals surface area contributed by atoms with Gasteiger partial charge in [0.15, 0.2) is 6.29 Å². The number of aromatic nitrogens is 3. The molecule has 0 bridgehead atoms. The summed E-state index contributed by atoms with van der Waals surface area (Å²) in [7, 11) is 1.63. The molecule has 0 atom stereocenters. The molecule has 0 saturated carbocycles. The highest BCUT2D eigenvalue weighted by atomic mass is 16.1. The van der Waals surface area contributed by atoms with E-state index in [1.54, 1.807) is 19.4 Å². The van der Waals surface area contributed by atoms with Crippen molar-refractivity contribution in [1.82, 2.24) is 14.2 Å². The molecule has 0 aliphatic carbocycles. The molecular weight excluding hydrogens is 170 g/mol. The largest absolute Gasteiger partial charge is 0.315 e. The Morgan fingerprint density at radius 3 is 2.92 bits per heavy atom. The average molecular weight is 177 g/mol. The van der Waals surface area contributed by atoms with Gasteiger partial charge in [-0.15, -0.1) is 0 Å². The Hall–Kier alpha value is -1.91. The molecule has 66 valence electrons. The predicted molar refractivity (Wildman–Crippen MR) is 45.8 cm³/mol. The SMILES string of the molecule is Cn1ccn2ncc(C=O)c2c1=O. The van der Waals surface area contributed by atoms with Crippen molar-refractivity contribution < 1.29 is 4.79 Å². The van der Waals surface area contributed by atoms with E-state index in [0.29, 0.717) is 17.4 Å². The van der Waals surface area contributed by atoms with Crippen LogP contribution in [0.15, 0.2) is 23.4 Å². The second kappa shape index (κ2) is 2.55. The van der Waals surface area contributed by atoms with Crippen molar-refractivity contribution in [3.05, 3.63) is 34.5 Å². The Balaban J connectivity index is 3.02. The summed E-state index contributed by atoms with van der Waals surface area (Å²) in [4.78, 5) is 22.1.